The predicted octanol–water partition coefficient (Wildman–Crippen LogP) is 6.10. The van der Waals surface area contributed by atoms with Crippen LogP contribution in [0.2, 0.25) is 0 Å². The average Bonchev–Trinajstić information content (AvgIpc) is 3.28. The minimum absolute atomic E-state index is 0.0768. The van der Waals surface area contributed by atoms with Crippen LogP contribution in [-0.2, 0) is 23.9 Å². The Kier molecular flexibility index (Phi) is 8.88. The normalized spacial score (nSPS) is 17.1. The largest absolute Gasteiger partial charge is 0.465 e. The number of anilines is 1. The van der Waals surface area contributed by atoms with Gasteiger partial charge in [0, 0.05) is 17.1 Å². The molecule has 0 bridgehead atoms. The van der Waals surface area contributed by atoms with Crippen LogP contribution in [0.5, 0.6) is 0 Å². The number of para-hydroxylation sites is 1. The van der Waals surface area contributed by atoms with E-state index in [1.54, 1.807) is 0 Å². The Balaban J connectivity index is 2.18. The lowest BCUT2D eigenvalue weighted by atomic mass is 9.81. The van der Waals surface area contributed by atoms with Crippen LogP contribution in [0.3, 0.4) is 0 Å². The third-order valence-electron chi connectivity index (χ3n) is 6.14. The Hall–Kier alpha value is -2.10. The minimum Gasteiger partial charge on any atom is -0.465 e. The lowest BCUT2D eigenvalue weighted by Gasteiger charge is -2.46. The fourth-order valence-electron chi connectivity index (χ4n) is 4.43. The molecule has 188 valence electrons. The van der Waals surface area contributed by atoms with Crippen molar-refractivity contribution in [3.8, 4) is 0 Å². The summed E-state index contributed by atoms with van der Waals surface area (Å²) >= 11 is 8.34. The fourth-order valence-corrected chi connectivity index (χ4v) is 7.47. The molecule has 0 aliphatic carbocycles. The lowest BCUT2D eigenvalue weighted by molar-refractivity contribution is -0.138. The molecule has 0 N–H and O–H groups in total. The number of hydrogen-bond acceptors (Lipinski definition) is 8. The number of thiocarbonyl (C=S) groups is 1. The van der Waals surface area contributed by atoms with Crippen molar-refractivity contribution in [1.82, 2.24) is 0 Å². The molecule has 6 nitrogen and oxygen atoms in total. The van der Waals surface area contributed by atoms with Gasteiger partial charge in [0.05, 0.1) is 34.5 Å². The molecule has 0 saturated carbocycles. The molecule has 0 spiro atoms. The molecule has 3 rings (SSSR count). The Morgan fingerprint density at radius 1 is 0.971 bits per heavy atom. The van der Waals surface area contributed by atoms with Gasteiger partial charge < -0.3 is 14.4 Å². The minimum atomic E-state index is -0.788. The average molecular weight is 534 g/mol. The number of benzene rings is 1. The van der Waals surface area contributed by atoms with Crippen molar-refractivity contribution in [3.63, 3.8) is 0 Å². The molecule has 0 saturated heterocycles. The van der Waals surface area contributed by atoms with Crippen molar-refractivity contribution < 1.29 is 23.9 Å². The molecule has 2 aliphatic heterocycles. The third-order valence-corrected chi connectivity index (χ3v) is 9.40. The van der Waals surface area contributed by atoms with Crippen molar-refractivity contribution in [2.24, 2.45) is 5.92 Å². The van der Waals surface area contributed by atoms with Gasteiger partial charge in [-0.25, -0.2) is 9.59 Å². The number of fused-ring (bicyclic) bond motifs is 1. The van der Waals surface area contributed by atoms with Crippen LogP contribution >= 0.6 is 35.7 Å². The molecular formula is C26H31NO5S3. The number of carbonyl (C=O) groups excluding carboxylic acids is 3. The molecule has 1 aromatic rings. The van der Waals surface area contributed by atoms with Crippen LogP contribution < -0.4 is 4.90 Å². The maximum Gasteiger partial charge on any atom is 0.346 e. The molecule has 0 fully saturated rings. The van der Waals surface area contributed by atoms with Crippen LogP contribution in [0, 0.1) is 5.92 Å². The van der Waals surface area contributed by atoms with E-state index in [2.05, 4.69) is 13.8 Å². The zero-order valence-electron chi connectivity index (χ0n) is 20.9. The van der Waals surface area contributed by atoms with Gasteiger partial charge in [0.2, 0.25) is 5.91 Å². The van der Waals surface area contributed by atoms with Crippen LogP contribution in [-0.4, -0.2) is 42.5 Å². The van der Waals surface area contributed by atoms with Gasteiger partial charge in [0.15, 0.2) is 0 Å². The van der Waals surface area contributed by atoms with Crippen molar-refractivity contribution >= 4 is 69.7 Å². The summed E-state index contributed by atoms with van der Waals surface area (Å²) in [6.07, 6.45) is 3.50. The standard InChI is InChI=1S/C26H31NO5S3/c1-7-11-15(12-8-2)22(28)27-17-14-10-9-13-16(17)18(21(33)26(27,3)4)25-34-19(23(29)31-5)20(35-25)24(30)32-6/h9-10,13-15H,7-8,11-12H2,1-6H3. The van der Waals surface area contributed by atoms with Gasteiger partial charge in [-0.2, -0.15) is 0 Å². The van der Waals surface area contributed by atoms with Crippen molar-refractivity contribution in [2.45, 2.75) is 58.9 Å². The highest BCUT2D eigenvalue weighted by atomic mass is 32.2. The van der Waals surface area contributed by atoms with E-state index in [1.807, 2.05) is 43.0 Å². The van der Waals surface area contributed by atoms with E-state index in [9.17, 15) is 14.4 Å². The SMILES string of the molecule is CCCC(CCC)C(=O)N1c2ccccc2C(=C2SC(C(=O)OC)=C(C(=O)OC)S2)C(=S)C1(C)C. The van der Waals surface area contributed by atoms with E-state index in [0.29, 0.717) is 9.10 Å². The van der Waals surface area contributed by atoms with E-state index < -0.39 is 17.5 Å². The molecular weight excluding hydrogens is 502 g/mol. The molecule has 9 heteroatoms. The highest BCUT2D eigenvalue weighted by Crippen LogP contribution is 2.56. The zero-order valence-corrected chi connectivity index (χ0v) is 23.4. The first kappa shape index (κ1) is 27.5. The number of esters is 2. The summed E-state index contributed by atoms with van der Waals surface area (Å²) in [5, 5.41) is 0. The van der Waals surface area contributed by atoms with Gasteiger partial charge in [-0.1, -0.05) is 80.6 Å². The second-order valence-corrected chi connectivity index (χ2v) is 11.6. The lowest BCUT2D eigenvalue weighted by Crippen LogP contribution is -2.57. The van der Waals surface area contributed by atoms with Crippen molar-refractivity contribution in [3.05, 3.63) is 43.9 Å². The molecule has 35 heavy (non-hydrogen) atoms. The van der Waals surface area contributed by atoms with Crippen LogP contribution in [0.25, 0.3) is 5.57 Å². The number of ether oxygens (including phenoxy) is 2. The quantitative estimate of drug-likeness (QED) is 0.236. The molecule has 0 radical (unpaired) electrons. The van der Waals surface area contributed by atoms with E-state index >= 15 is 0 Å². The molecule has 2 heterocycles. The number of hydrogen-bond donors (Lipinski definition) is 0. The second kappa shape index (κ2) is 11.3. The summed E-state index contributed by atoms with van der Waals surface area (Å²) in [7, 11) is 2.55. The summed E-state index contributed by atoms with van der Waals surface area (Å²) in [5.41, 5.74) is 1.55. The molecule has 2 aliphatic rings. The summed E-state index contributed by atoms with van der Waals surface area (Å²) in [6, 6.07) is 7.68. The molecule has 1 aromatic carbocycles. The molecule has 0 atom stereocenters. The number of thioether (sulfide) groups is 2. The maximum absolute atomic E-state index is 13.9. The van der Waals surface area contributed by atoms with Crippen molar-refractivity contribution in [1.29, 1.82) is 0 Å². The van der Waals surface area contributed by atoms with Crippen molar-refractivity contribution in [2.75, 3.05) is 19.1 Å². The van der Waals surface area contributed by atoms with E-state index in [1.165, 1.54) is 14.2 Å². The Morgan fingerprint density at radius 3 is 1.97 bits per heavy atom. The predicted molar refractivity (Wildman–Crippen MR) is 147 cm³/mol. The number of carbonyl (C=O) groups is 3. The van der Waals surface area contributed by atoms with Crippen LogP contribution in [0.15, 0.2) is 38.3 Å². The van der Waals surface area contributed by atoms with Gasteiger partial charge in [0.25, 0.3) is 0 Å². The van der Waals surface area contributed by atoms with Gasteiger partial charge in [0.1, 0.15) is 9.81 Å². The number of nitrogens with zero attached hydrogens (tertiary/aromatic N) is 1. The summed E-state index contributed by atoms with van der Waals surface area (Å²) < 4.78 is 10.5. The topological polar surface area (TPSA) is 72.9 Å². The highest BCUT2D eigenvalue weighted by Gasteiger charge is 2.47. The van der Waals surface area contributed by atoms with Crippen LogP contribution in [0.4, 0.5) is 5.69 Å². The van der Waals surface area contributed by atoms with Gasteiger partial charge >= 0.3 is 11.9 Å². The second-order valence-electron chi connectivity index (χ2n) is 8.86. The number of methoxy groups -OCH3 is 2. The van der Waals surface area contributed by atoms with Crippen LogP contribution in [0.1, 0.15) is 58.9 Å². The summed E-state index contributed by atoms with van der Waals surface area (Å²) in [4.78, 5) is 41.6. The zero-order chi connectivity index (χ0) is 25.9. The molecule has 0 unspecified atom stereocenters. The van der Waals surface area contributed by atoms with Gasteiger partial charge in [-0.3, -0.25) is 4.79 Å². The summed E-state index contributed by atoms with van der Waals surface area (Å²) in [6.45, 7) is 8.10. The first-order chi connectivity index (χ1) is 16.6. The first-order valence-corrected chi connectivity index (χ1v) is 13.7. The smallest absolute Gasteiger partial charge is 0.346 e. The Bertz CT molecular complexity index is 1090. The monoisotopic (exact) mass is 533 g/mol. The Labute approximate surface area is 220 Å². The van der Waals surface area contributed by atoms with E-state index in [4.69, 9.17) is 21.7 Å². The Morgan fingerprint density at radius 2 is 1.49 bits per heavy atom. The van der Waals surface area contributed by atoms with Gasteiger partial charge in [-0.05, 0) is 32.8 Å². The maximum atomic E-state index is 13.9. The van der Waals surface area contributed by atoms with E-state index in [0.717, 1.165) is 66.0 Å². The number of amides is 1. The third kappa shape index (κ3) is 5.08. The number of rotatable bonds is 7. The fraction of sp³-hybridized carbons (Fsp3) is 0.462. The molecule has 0 aromatic heterocycles. The van der Waals surface area contributed by atoms with E-state index in [-0.39, 0.29) is 21.6 Å². The first-order valence-electron chi connectivity index (χ1n) is 11.6. The summed E-state index contributed by atoms with van der Waals surface area (Å²) in [5.74, 6) is -1.21. The highest BCUT2D eigenvalue weighted by molar-refractivity contribution is 8.29. The molecule has 1 amide bonds. The van der Waals surface area contributed by atoms with Gasteiger partial charge in [-0.15, -0.1) is 0 Å².